The molecule has 0 saturated heterocycles. The van der Waals surface area contributed by atoms with Crippen LogP contribution in [0.25, 0.3) is 0 Å². The predicted octanol–water partition coefficient (Wildman–Crippen LogP) is 4.39. The average molecular weight is 295 g/mol. The molecule has 0 aromatic heterocycles. The molecule has 0 unspecified atom stereocenters. The van der Waals surface area contributed by atoms with Crippen molar-refractivity contribution in [2.45, 2.75) is 6.42 Å². The summed E-state index contributed by atoms with van der Waals surface area (Å²) in [5.74, 6) is -0.325. The maximum Gasteiger partial charge on any atom is 0.338 e. The number of carbonyl (C=O) groups is 1. The first-order chi connectivity index (χ1) is 9.15. The fraction of sp³-hybridized carbons (Fsp3) is 0.133. The Kier molecular flexibility index (Phi) is 4.83. The zero-order valence-electron chi connectivity index (χ0n) is 10.1. The molecule has 4 heteroatoms. The van der Waals surface area contributed by atoms with Crippen LogP contribution < -0.4 is 0 Å². The lowest BCUT2D eigenvalue weighted by molar-refractivity contribution is 0.0509. The van der Waals surface area contributed by atoms with Crippen LogP contribution in [0.15, 0.2) is 48.5 Å². The second-order valence-electron chi connectivity index (χ2n) is 4.03. The third kappa shape index (κ3) is 4.27. The summed E-state index contributed by atoms with van der Waals surface area (Å²) in [6, 6.07) is 14.2. The van der Waals surface area contributed by atoms with Crippen molar-refractivity contribution in [1.82, 2.24) is 0 Å². The van der Waals surface area contributed by atoms with Gasteiger partial charge in [0.2, 0.25) is 0 Å². The van der Waals surface area contributed by atoms with Crippen LogP contribution in [0.3, 0.4) is 0 Å². The summed E-state index contributed by atoms with van der Waals surface area (Å²) in [4.78, 5) is 11.7. The van der Waals surface area contributed by atoms with Gasteiger partial charge in [-0.1, -0.05) is 41.4 Å². The highest BCUT2D eigenvalue weighted by atomic mass is 35.5. The molecular formula is C15H12Cl2O2. The molecule has 2 aromatic carbocycles. The van der Waals surface area contributed by atoms with E-state index in [0.717, 1.165) is 5.56 Å². The normalized spacial score (nSPS) is 10.2. The molecule has 0 atom stereocenters. The quantitative estimate of drug-likeness (QED) is 0.782. The highest BCUT2D eigenvalue weighted by Gasteiger charge is 2.06. The minimum Gasteiger partial charge on any atom is -0.462 e. The van der Waals surface area contributed by atoms with Crippen molar-refractivity contribution in [3.8, 4) is 0 Å². The topological polar surface area (TPSA) is 26.3 Å². The second kappa shape index (κ2) is 6.60. The lowest BCUT2D eigenvalue weighted by Gasteiger charge is -2.06. The molecule has 0 aliphatic rings. The summed E-state index contributed by atoms with van der Waals surface area (Å²) in [6.07, 6.45) is 0.582. The van der Waals surface area contributed by atoms with Gasteiger partial charge >= 0.3 is 5.97 Å². The summed E-state index contributed by atoms with van der Waals surface area (Å²) in [7, 11) is 0. The third-order valence-corrected chi connectivity index (χ3v) is 2.99. The summed E-state index contributed by atoms with van der Waals surface area (Å²) in [6.45, 7) is 0.296. The van der Waals surface area contributed by atoms with Crippen LogP contribution in [0, 0.1) is 0 Å². The molecule has 0 fully saturated rings. The van der Waals surface area contributed by atoms with Gasteiger partial charge in [0.25, 0.3) is 0 Å². The molecular weight excluding hydrogens is 283 g/mol. The minimum atomic E-state index is -0.325. The Hall–Kier alpha value is -1.51. The smallest absolute Gasteiger partial charge is 0.338 e. The average Bonchev–Trinajstić information content (AvgIpc) is 2.38. The van der Waals surface area contributed by atoms with Gasteiger partial charge in [-0.3, -0.25) is 0 Å². The summed E-state index contributed by atoms with van der Waals surface area (Å²) in [5, 5.41) is 1.16. The number of ether oxygens (including phenoxy) is 1. The van der Waals surface area contributed by atoms with Crippen LogP contribution >= 0.6 is 23.2 Å². The summed E-state index contributed by atoms with van der Waals surface area (Å²) in [5.41, 5.74) is 1.49. The van der Waals surface area contributed by atoms with Crippen LogP contribution in [0.1, 0.15) is 15.9 Å². The van der Waals surface area contributed by atoms with Crippen LogP contribution in [0.5, 0.6) is 0 Å². The number of hydrogen-bond donors (Lipinski definition) is 0. The highest BCUT2D eigenvalue weighted by molar-refractivity contribution is 6.34. The van der Waals surface area contributed by atoms with Gasteiger partial charge in [0.05, 0.1) is 12.2 Å². The fourth-order valence-corrected chi connectivity index (χ4v) is 2.25. The summed E-state index contributed by atoms with van der Waals surface area (Å²) < 4.78 is 5.19. The first-order valence-corrected chi connectivity index (χ1v) is 6.58. The Morgan fingerprint density at radius 2 is 1.63 bits per heavy atom. The number of esters is 1. The maximum absolute atomic E-state index is 11.7. The van der Waals surface area contributed by atoms with Gasteiger partial charge in [0.15, 0.2) is 0 Å². The standard InChI is InChI=1S/C15H12Cl2O2/c16-13-8-11(9-14(17)10-13)6-7-19-15(18)12-4-2-1-3-5-12/h1-5,8-10H,6-7H2. The van der Waals surface area contributed by atoms with Gasteiger partial charge < -0.3 is 4.74 Å². The van der Waals surface area contributed by atoms with E-state index in [0.29, 0.717) is 28.6 Å². The van der Waals surface area contributed by atoms with Gasteiger partial charge in [-0.2, -0.15) is 0 Å². The van der Waals surface area contributed by atoms with E-state index in [1.165, 1.54) is 0 Å². The number of carbonyl (C=O) groups excluding carboxylic acids is 1. The van der Waals surface area contributed by atoms with Crippen molar-refractivity contribution in [2.24, 2.45) is 0 Å². The van der Waals surface area contributed by atoms with Gasteiger partial charge in [-0.15, -0.1) is 0 Å². The number of rotatable bonds is 4. The first kappa shape index (κ1) is 13.9. The molecule has 0 heterocycles. The molecule has 0 N–H and O–H groups in total. The predicted molar refractivity (Wildman–Crippen MR) is 76.9 cm³/mol. The van der Waals surface area contributed by atoms with E-state index in [-0.39, 0.29) is 5.97 Å². The zero-order valence-corrected chi connectivity index (χ0v) is 11.6. The zero-order chi connectivity index (χ0) is 13.7. The van der Waals surface area contributed by atoms with Gasteiger partial charge in [-0.05, 0) is 35.9 Å². The molecule has 19 heavy (non-hydrogen) atoms. The van der Waals surface area contributed by atoms with Crippen molar-refractivity contribution in [1.29, 1.82) is 0 Å². The minimum absolute atomic E-state index is 0.296. The molecule has 0 saturated carbocycles. The van der Waals surface area contributed by atoms with Crippen molar-refractivity contribution >= 4 is 29.2 Å². The van der Waals surface area contributed by atoms with Crippen LogP contribution in [-0.4, -0.2) is 12.6 Å². The molecule has 0 radical (unpaired) electrons. The van der Waals surface area contributed by atoms with Crippen molar-refractivity contribution < 1.29 is 9.53 Å². The molecule has 2 nitrogen and oxygen atoms in total. The number of hydrogen-bond acceptors (Lipinski definition) is 2. The van der Waals surface area contributed by atoms with Gasteiger partial charge in [0, 0.05) is 16.5 Å². The van der Waals surface area contributed by atoms with E-state index < -0.39 is 0 Å². The van der Waals surface area contributed by atoms with Crippen molar-refractivity contribution in [2.75, 3.05) is 6.61 Å². The van der Waals surface area contributed by atoms with Gasteiger partial charge in [0.1, 0.15) is 0 Å². The Balaban J connectivity index is 1.88. The maximum atomic E-state index is 11.7. The molecule has 0 bridgehead atoms. The van der Waals surface area contributed by atoms with Crippen LogP contribution in [-0.2, 0) is 11.2 Å². The second-order valence-corrected chi connectivity index (χ2v) is 4.90. The Morgan fingerprint density at radius 3 is 2.26 bits per heavy atom. The van der Waals surface area contributed by atoms with E-state index >= 15 is 0 Å². The molecule has 0 amide bonds. The van der Waals surface area contributed by atoms with Gasteiger partial charge in [-0.25, -0.2) is 4.79 Å². The van der Waals surface area contributed by atoms with E-state index in [9.17, 15) is 4.79 Å². The Morgan fingerprint density at radius 1 is 1.00 bits per heavy atom. The largest absolute Gasteiger partial charge is 0.462 e. The Labute approximate surface area is 121 Å². The van der Waals surface area contributed by atoms with E-state index in [1.807, 2.05) is 18.2 Å². The SMILES string of the molecule is O=C(OCCc1cc(Cl)cc(Cl)c1)c1ccccc1. The molecule has 0 spiro atoms. The lowest BCUT2D eigenvalue weighted by atomic mass is 10.1. The molecule has 2 rings (SSSR count). The van der Waals surface area contributed by atoms with Crippen molar-refractivity contribution in [3.63, 3.8) is 0 Å². The monoisotopic (exact) mass is 294 g/mol. The van der Waals surface area contributed by atoms with E-state index in [2.05, 4.69) is 0 Å². The van der Waals surface area contributed by atoms with Crippen LogP contribution in [0.2, 0.25) is 10.0 Å². The molecule has 0 aliphatic heterocycles. The number of benzene rings is 2. The molecule has 0 aliphatic carbocycles. The van der Waals surface area contributed by atoms with Crippen LogP contribution in [0.4, 0.5) is 0 Å². The van der Waals surface area contributed by atoms with E-state index in [4.69, 9.17) is 27.9 Å². The lowest BCUT2D eigenvalue weighted by Crippen LogP contribution is -2.08. The first-order valence-electron chi connectivity index (χ1n) is 5.82. The third-order valence-electron chi connectivity index (χ3n) is 2.56. The molecule has 98 valence electrons. The Bertz CT molecular complexity index is 547. The fourth-order valence-electron chi connectivity index (χ4n) is 1.67. The highest BCUT2D eigenvalue weighted by Crippen LogP contribution is 2.19. The van der Waals surface area contributed by atoms with E-state index in [1.54, 1.807) is 30.3 Å². The number of halogens is 2. The molecule has 2 aromatic rings. The van der Waals surface area contributed by atoms with Crippen molar-refractivity contribution in [3.05, 3.63) is 69.7 Å². The summed E-state index contributed by atoms with van der Waals surface area (Å²) >= 11 is 11.8.